The highest BCUT2D eigenvalue weighted by Gasteiger charge is 2.50. The van der Waals surface area contributed by atoms with Crippen molar-refractivity contribution in [1.82, 2.24) is 10.2 Å². The Bertz CT molecular complexity index is 854. The van der Waals surface area contributed by atoms with Crippen molar-refractivity contribution in [2.24, 2.45) is 0 Å². The monoisotopic (exact) mass is 360 g/mol. The fraction of sp³-hybridized carbons (Fsp3) is 0.263. The fourth-order valence-corrected chi connectivity index (χ4v) is 2.85. The minimum Gasteiger partial charge on any atom is -0.492 e. The summed E-state index contributed by atoms with van der Waals surface area (Å²) in [6.45, 7) is 3.38. The molecule has 1 N–H and O–H groups in total. The lowest BCUT2D eigenvalue weighted by molar-refractivity contribution is -0.131. The molecule has 7 heteroatoms. The van der Waals surface area contributed by atoms with E-state index in [1.165, 1.54) is 6.92 Å². The van der Waals surface area contributed by atoms with Crippen molar-refractivity contribution >= 4 is 11.9 Å². The van der Waals surface area contributed by atoms with E-state index in [2.05, 4.69) is 5.32 Å². The van der Waals surface area contributed by atoms with E-state index in [1.54, 1.807) is 12.1 Å². The number of halogens is 2. The van der Waals surface area contributed by atoms with Crippen LogP contribution >= 0.6 is 0 Å². The molecule has 2 aromatic carbocycles. The van der Waals surface area contributed by atoms with E-state index in [-0.39, 0.29) is 18.7 Å². The number of urea groups is 1. The molecule has 136 valence electrons. The van der Waals surface area contributed by atoms with Gasteiger partial charge in [-0.2, -0.15) is 0 Å². The number of hydrogen-bond donors (Lipinski definition) is 1. The Hall–Kier alpha value is -2.96. The smallest absolute Gasteiger partial charge is 0.325 e. The number of amides is 3. The summed E-state index contributed by atoms with van der Waals surface area (Å²) >= 11 is 0. The highest BCUT2D eigenvalue weighted by molar-refractivity contribution is 6.07. The number of carbonyl (C=O) groups excluding carboxylic acids is 2. The molecule has 1 atom stereocenters. The molecule has 1 heterocycles. The number of imide groups is 1. The summed E-state index contributed by atoms with van der Waals surface area (Å²) in [5.41, 5.74) is -0.787. The van der Waals surface area contributed by atoms with Gasteiger partial charge in [0, 0.05) is 5.56 Å². The van der Waals surface area contributed by atoms with Gasteiger partial charge in [0.25, 0.3) is 5.91 Å². The van der Waals surface area contributed by atoms with Crippen LogP contribution in [0.5, 0.6) is 5.75 Å². The minimum absolute atomic E-state index is 0.00886. The third-order valence-electron chi connectivity index (χ3n) is 4.35. The van der Waals surface area contributed by atoms with Crippen LogP contribution in [0.4, 0.5) is 13.6 Å². The van der Waals surface area contributed by atoms with Gasteiger partial charge in [-0.05, 0) is 44.2 Å². The summed E-state index contributed by atoms with van der Waals surface area (Å²) in [5, 5.41) is 2.45. The summed E-state index contributed by atoms with van der Waals surface area (Å²) in [4.78, 5) is 25.8. The predicted molar refractivity (Wildman–Crippen MR) is 90.6 cm³/mol. The summed E-state index contributed by atoms with van der Waals surface area (Å²) in [7, 11) is 0. The van der Waals surface area contributed by atoms with E-state index in [4.69, 9.17) is 4.74 Å². The zero-order chi connectivity index (χ0) is 18.9. The third-order valence-corrected chi connectivity index (χ3v) is 4.35. The molecule has 0 unspecified atom stereocenters. The van der Waals surface area contributed by atoms with Gasteiger partial charge in [0.2, 0.25) is 0 Å². The zero-order valence-electron chi connectivity index (χ0n) is 14.4. The van der Waals surface area contributed by atoms with E-state index in [9.17, 15) is 18.4 Å². The van der Waals surface area contributed by atoms with Crippen molar-refractivity contribution in [3.05, 3.63) is 65.2 Å². The van der Waals surface area contributed by atoms with Crippen molar-refractivity contribution in [2.45, 2.75) is 19.4 Å². The normalized spacial score (nSPS) is 19.6. The van der Waals surface area contributed by atoms with Gasteiger partial charge in [-0.3, -0.25) is 9.69 Å². The number of aryl methyl sites for hydroxylation is 1. The predicted octanol–water partition coefficient (Wildman–Crippen LogP) is 3.12. The van der Waals surface area contributed by atoms with Crippen molar-refractivity contribution in [2.75, 3.05) is 13.2 Å². The second kappa shape index (κ2) is 6.74. The number of nitrogens with zero attached hydrogens (tertiary/aromatic N) is 1. The van der Waals surface area contributed by atoms with E-state index in [1.807, 2.05) is 19.1 Å². The first kappa shape index (κ1) is 17.8. The number of nitrogens with one attached hydrogen (secondary N) is 1. The van der Waals surface area contributed by atoms with Gasteiger partial charge in [0.15, 0.2) is 0 Å². The second-order valence-electron chi connectivity index (χ2n) is 6.30. The molecule has 1 aliphatic rings. The van der Waals surface area contributed by atoms with Gasteiger partial charge >= 0.3 is 6.03 Å². The number of ether oxygens (including phenoxy) is 1. The molecule has 1 fully saturated rings. The number of carbonyl (C=O) groups is 2. The Labute approximate surface area is 149 Å². The van der Waals surface area contributed by atoms with Gasteiger partial charge < -0.3 is 10.1 Å². The number of hydrogen-bond acceptors (Lipinski definition) is 3. The van der Waals surface area contributed by atoms with Crippen molar-refractivity contribution in [3.8, 4) is 5.75 Å². The molecule has 0 aromatic heterocycles. The lowest BCUT2D eigenvalue weighted by atomic mass is 9.91. The Balaban J connectivity index is 1.72. The average molecular weight is 360 g/mol. The molecule has 1 aliphatic heterocycles. The first-order valence-electron chi connectivity index (χ1n) is 8.10. The average Bonchev–Trinajstić information content (AvgIpc) is 2.82. The Morgan fingerprint density at radius 2 is 1.81 bits per heavy atom. The van der Waals surface area contributed by atoms with Crippen LogP contribution in [-0.4, -0.2) is 30.0 Å². The Morgan fingerprint density at radius 3 is 2.50 bits per heavy atom. The van der Waals surface area contributed by atoms with E-state index >= 15 is 0 Å². The lowest BCUT2D eigenvalue weighted by Gasteiger charge is -2.22. The molecule has 0 spiro atoms. The quantitative estimate of drug-likeness (QED) is 0.834. The van der Waals surface area contributed by atoms with Gasteiger partial charge in [-0.15, -0.1) is 0 Å². The molecule has 0 bridgehead atoms. The summed E-state index contributed by atoms with van der Waals surface area (Å²) in [6, 6.07) is 9.46. The van der Waals surface area contributed by atoms with Gasteiger partial charge in [-0.1, -0.05) is 17.7 Å². The minimum atomic E-state index is -1.66. The molecule has 0 saturated carbocycles. The maximum absolute atomic E-state index is 14.1. The number of rotatable bonds is 5. The topological polar surface area (TPSA) is 58.6 Å². The maximum atomic E-state index is 14.1. The maximum Gasteiger partial charge on any atom is 0.325 e. The Kier molecular flexibility index (Phi) is 4.63. The standard InChI is InChI=1S/C19H18F2N2O3/c1-12-3-6-14(7-4-12)26-10-9-23-17(24)19(2,22-18(23)25)15-11-13(20)5-8-16(15)21/h3-8,11H,9-10H2,1-2H3,(H,22,25)/t19-/m1/s1. The molecule has 0 radical (unpaired) electrons. The molecule has 3 amide bonds. The van der Waals surface area contributed by atoms with Crippen LogP contribution in [0.25, 0.3) is 0 Å². The van der Waals surface area contributed by atoms with Gasteiger partial charge in [-0.25, -0.2) is 13.6 Å². The van der Waals surface area contributed by atoms with Crippen LogP contribution in [-0.2, 0) is 10.3 Å². The largest absolute Gasteiger partial charge is 0.492 e. The van der Waals surface area contributed by atoms with Crippen LogP contribution in [0.15, 0.2) is 42.5 Å². The molecule has 0 aliphatic carbocycles. The molecule has 3 rings (SSSR count). The van der Waals surface area contributed by atoms with Crippen molar-refractivity contribution in [1.29, 1.82) is 0 Å². The van der Waals surface area contributed by atoms with E-state index < -0.39 is 29.1 Å². The molecular weight excluding hydrogens is 342 g/mol. The van der Waals surface area contributed by atoms with Crippen molar-refractivity contribution in [3.63, 3.8) is 0 Å². The van der Waals surface area contributed by atoms with Crippen molar-refractivity contribution < 1.29 is 23.1 Å². The first-order chi connectivity index (χ1) is 12.3. The van der Waals surface area contributed by atoms with Crippen LogP contribution in [0.3, 0.4) is 0 Å². The summed E-state index contributed by atoms with van der Waals surface area (Å²) in [6.07, 6.45) is 0. The molecule has 5 nitrogen and oxygen atoms in total. The van der Waals surface area contributed by atoms with Crippen LogP contribution < -0.4 is 10.1 Å². The Morgan fingerprint density at radius 1 is 1.12 bits per heavy atom. The molecule has 26 heavy (non-hydrogen) atoms. The lowest BCUT2D eigenvalue weighted by Crippen LogP contribution is -2.42. The first-order valence-corrected chi connectivity index (χ1v) is 8.10. The SMILES string of the molecule is Cc1ccc(OCCN2C(=O)N[C@](C)(c3cc(F)ccc3F)C2=O)cc1. The van der Waals surface area contributed by atoms with Gasteiger partial charge in [0.1, 0.15) is 29.5 Å². The van der Waals surface area contributed by atoms with E-state index in [0.717, 1.165) is 28.7 Å². The van der Waals surface area contributed by atoms with Crippen LogP contribution in [0, 0.1) is 18.6 Å². The zero-order valence-corrected chi connectivity index (χ0v) is 14.4. The molecular formula is C19H18F2N2O3. The van der Waals surface area contributed by atoms with Crippen LogP contribution in [0.1, 0.15) is 18.1 Å². The highest BCUT2D eigenvalue weighted by Crippen LogP contribution is 2.31. The summed E-state index contributed by atoms with van der Waals surface area (Å²) < 4.78 is 33.1. The second-order valence-corrected chi connectivity index (χ2v) is 6.30. The summed E-state index contributed by atoms with van der Waals surface area (Å²) in [5.74, 6) is -1.49. The third kappa shape index (κ3) is 3.24. The van der Waals surface area contributed by atoms with E-state index in [0.29, 0.717) is 5.75 Å². The van der Waals surface area contributed by atoms with Gasteiger partial charge in [0.05, 0.1) is 6.54 Å². The highest BCUT2D eigenvalue weighted by atomic mass is 19.1. The fourth-order valence-electron chi connectivity index (χ4n) is 2.85. The molecule has 2 aromatic rings. The molecule has 1 saturated heterocycles. The van der Waals surface area contributed by atoms with Crippen LogP contribution in [0.2, 0.25) is 0 Å². The number of benzene rings is 2.